The molecule has 0 amide bonds. The van der Waals surface area contributed by atoms with Gasteiger partial charge in [-0.1, -0.05) is 46.6 Å². The van der Waals surface area contributed by atoms with Crippen LogP contribution in [0.25, 0.3) is 0 Å². The molecule has 0 spiro atoms. The van der Waals surface area contributed by atoms with E-state index < -0.39 is 0 Å². The summed E-state index contributed by atoms with van der Waals surface area (Å²) in [5, 5.41) is 0. The van der Waals surface area contributed by atoms with Crippen molar-refractivity contribution in [1.29, 1.82) is 0 Å². The molecule has 2 nitrogen and oxygen atoms in total. The van der Waals surface area contributed by atoms with Gasteiger partial charge in [-0.05, 0) is 64.7 Å². The maximum Gasteiger partial charge on any atom is 0.0625 e. The molecule has 0 atom stereocenters. The average Bonchev–Trinajstić information content (AvgIpc) is 2.53. The van der Waals surface area contributed by atoms with E-state index in [1.165, 1.54) is 87.8 Å². The Hall–Kier alpha value is -0.123. The monoisotopic (exact) mass is 326 g/mol. The molecule has 0 radical (unpaired) electrons. The van der Waals surface area contributed by atoms with Crippen molar-refractivity contribution in [3.05, 3.63) is 11.8 Å². The molecule has 132 valence electrons. The molecule has 0 aliphatic rings. The smallest absolute Gasteiger partial charge is 0.0625 e. The molecule has 22 heavy (non-hydrogen) atoms. The highest BCUT2D eigenvalue weighted by molar-refractivity contribution is 6.16. The minimum Gasteiger partial charge on any atom is -0.288 e. The van der Waals surface area contributed by atoms with Gasteiger partial charge >= 0.3 is 0 Å². The van der Waals surface area contributed by atoms with Gasteiger partial charge in [0.05, 0.1) is 6.17 Å². The van der Waals surface area contributed by atoms with E-state index in [9.17, 15) is 0 Å². The van der Waals surface area contributed by atoms with Crippen molar-refractivity contribution in [3.8, 4) is 0 Å². The zero-order chi connectivity index (χ0) is 16.6. The van der Waals surface area contributed by atoms with E-state index >= 15 is 0 Å². The minimum absolute atomic E-state index is 0.649. The van der Waals surface area contributed by atoms with Crippen LogP contribution in [0.3, 0.4) is 0 Å². The van der Waals surface area contributed by atoms with Crippen molar-refractivity contribution in [3.63, 3.8) is 0 Å². The molecule has 0 unspecified atom stereocenters. The molecule has 0 rings (SSSR count). The van der Waals surface area contributed by atoms with Gasteiger partial charge in [-0.25, -0.2) is 0 Å². The van der Waals surface area contributed by atoms with Crippen LogP contribution in [0.4, 0.5) is 0 Å². The van der Waals surface area contributed by atoms with Gasteiger partial charge < -0.3 is 0 Å². The molecule has 0 aromatic carbocycles. The molecule has 0 aliphatic heterocycles. The lowest BCUT2D eigenvalue weighted by Crippen LogP contribution is -2.49. The number of allylic oxidation sites excluding steroid dienone is 1. The predicted octanol–water partition coefficient (Wildman–Crippen LogP) is 4.00. The van der Waals surface area contributed by atoms with Crippen LogP contribution in [0.5, 0.6) is 0 Å². The summed E-state index contributed by atoms with van der Waals surface area (Å²) in [4.78, 5) is 5.55. The molecule has 0 aromatic rings. The molecule has 0 bridgehead atoms. The summed E-state index contributed by atoms with van der Waals surface area (Å²) >= 11 is 0. The highest BCUT2D eigenvalue weighted by atomic mass is 28.1. The van der Waals surface area contributed by atoms with E-state index in [1.807, 2.05) is 0 Å². The summed E-state index contributed by atoms with van der Waals surface area (Å²) in [6, 6.07) is 0. The van der Waals surface area contributed by atoms with Crippen LogP contribution in [0.15, 0.2) is 11.8 Å². The lowest BCUT2D eigenvalue weighted by Gasteiger charge is -2.40. The second kappa shape index (κ2) is 15.8. The van der Waals surface area contributed by atoms with Crippen molar-refractivity contribution in [1.82, 2.24) is 9.80 Å². The van der Waals surface area contributed by atoms with Crippen molar-refractivity contribution < 1.29 is 0 Å². The Morgan fingerprint density at radius 2 is 1.27 bits per heavy atom. The van der Waals surface area contributed by atoms with Crippen LogP contribution < -0.4 is 0 Å². The van der Waals surface area contributed by atoms with E-state index in [1.54, 1.807) is 0 Å². The van der Waals surface area contributed by atoms with E-state index in [0.717, 1.165) is 0 Å². The second-order valence-electron chi connectivity index (χ2n) is 6.41. The van der Waals surface area contributed by atoms with Gasteiger partial charge in [-0.15, -0.1) is 5.70 Å². The number of nitrogens with zero attached hydrogens (tertiary/aromatic N) is 2. The first-order valence-electron chi connectivity index (χ1n) is 9.84. The van der Waals surface area contributed by atoms with Crippen LogP contribution in [-0.4, -0.2) is 52.4 Å². The Balaban J connectivity index is 4.95. The molecular weight excluding hydrogens is 284 g/mol. The summed E-state index contributed by atoms with van der Waals surface area (Å²) in [7, 11) is 1.19. The van der Waals surface area contributed by atoms with Gasteiger partial charge in [0, 0.05) is 10.2 Å². The second-order valence-corrected chi connectivity index (χ2v) is 7.07. The maximum absolute atomic E-state index is 2.77. The first kappa shape index (κ1) is 21.9. The Morgan fingerprint density at radius 3 is 1.64 bits per heavy atom. The lowest BCUT2D eigenvalue weighted by molar-refractivity contribution is 0.0336. The zero-order valence-electron chi connectivity index (χ0n) is 16.1. The van der Waals surface area contributed by atoms with Crippen LogP contribution in [0.2, 0.25) is 0 Å². The Bertz CT molecular complexity index is 238. The van der Waals surface area contributed by atoms with Gasteiger partial charge in [0.2, 0.25) is 0 Å². The largest absolute Gasteiger partial charge is 0.288 e. The Labute approximate surface area is 143 Å². The highest BCUT2D eigenvalue weighted by Crippen LogP contribution is 2.16. The van der Waals surface area contributed by atoms with Crippen molar-refractivity contribution in [2.45, 2.75) is 85.2 Å². The van der Waals surface area contributed by atoms with Crippen LogP contribution >= 0.6 is 0 Å². The number of hydrogen-bond donors (Lipinski definition) is 0. The van der Waals surface area contributed by atoms with Gasteiger partial charge in [-0.2, -0.15) is 0 Å². The highest BCUT2D eigenvalue weighted by Gasteiger charge is 2.23. The summed E-state index contributed by atoms with van der Waals surface area (Å²) < 4.78 is 0. The normalized spacial score (nSPS) is 12.5. The minimum atomic E-state index is 0.649. The molecule has 0 heterocycles. The summed E-state index contributed by atoms with van der Waals surface area (Å²) in [5.41, 5.74) is 2.34. The first-order valence-corrected chi connectivity index (χ1v) is 11.0. The standard InChI is InChI=1S/C19H42N2Si/c1-5-9-16-20(14-7-3)19(13-11-12-18-22)21(15-8-4)17-10-6-2/h12,18-19H,5-11,13-17H2,1-4,22H3. The molecule has 3 heteroatoms. The molecule has 0 aliphatic carbocycles. The number of hydrogen-bond acceptors (Lipinski definition) is 2. The van der Waals surface area contributed by atoms with Gasteiger partial charge in [0.1, 0.15) is 0 Å². The molecule has 0 aromatic heterocycles. The quantitative estimate of drug-likeness (QED) is 0.331. The summed E-state index contributed by atoms with van der Waals surface area (Å²) in [6.45, 7) is 14.3. The number of unbranched alkanes of at least 4 members (excludes halogenated alkanes) is 2. The lowest BCUT2D eigenvalue weighted by atomic mass is 10.1. The summed E-state index contributed by atoms with van der Waals surface area (Å²) in [5.74, 6) is 0. The van der Waals surface area contributed by atoms with Crippen LogP contribution in [-0.2, 0) is 0 Å². The van der Waals surface area contributed by atoms with Crippen molar-refractivity contribution in [2.24, 2.45) is 0 Å². The fraction of sp³-hybridized carbons (Fsp3) is 0.895. The average molecular weight is 327 g/mol. The van der Waals surface area contributed by atoms with Crippen molar-refractivity contribution in [2.75, 3.05) is 26.2 Å². The molecule has 0 saturated heterocycles. The topological polar surface area (TPSA) is 6.48 Å². The van der Waals surface area contributed by atoms with Gasteiger partial charge in [0.15, 0.2) is 0 Å². The maximum atomic E-state index is 2.77. The van der Waals surface area contributed by atoms with E-state index in [2.05, 4.69) is 49.3 Å². The molecule has 0 fully saturated rings. The van der Waals surface area contributed by atoms with Gasteiger partial charge in [0.25, 0.3) is 0 Å². The third-order valence-electron chi connectivity index (χ3n) is 4.29. The Kier molecular flexibility index (Phi) is 15.7. The van der Waals surface area contributed by atoms with Gasteiger partial charge in [-0.3, -0.25) is 9.80 Å². The number of rotatable bonds is 15. The predicted molar refractivity (Wildman–Crippen MR) is 106 cm³/mol. The van der Waals surface area contributed by atoms with Crippen LogP contribution in [0, 0.1) is 0 Å². The Morgan fingerprint density at radius 1 is 0.773 bits per heavy atom. The molecule has 0 saturated carbocycles. The molecular formula is C19H42N2Si. The SMILES string of the molecule is CCCCN(CCC)C(CCC=C[SiH3])N(CCC)CCCC. The fourth-order valence-electron chi connectivity index (χ4n) is 3.12. The third kappa shape index (κ3) is 9.81. The summed E-state index contributed by atoms with van der Waals surface area (Å²) in [6.07, 6.45) is 13.4. The van der Waals surface area contributed by atoms with Crippen LogP contribution in [0.1, 0.15) is 79.1 Å². The van der Waals surface area contributed by atoms with E-state index in [4.69, 9.17) is 0 Å². The van der Waals surface area contributed by atoms with E-state index in [-0.39, 0.29) is 0 Å². The molecule has 0 N–H and O–H groups in total. The first-order chi connectivity index (χ1) is 10.7. The third-order valence-corrected chi connectivity index (χ3v) is 4.76. The zero-order valence-corrected chi connectivity index (χ0v) is 18.1. The van der Waals surface area contributed by atoms with Crippen molar-refractivity contribution >= 4 is 10.2 Å². The fourth-order valence-corrected chi connectivity index (χ4v) is 3.46. The van der Waals surface area contributed by atoms with E-state index in [0.29, 0.717) is 6.17 Å².